The number of aryl methyl sites for hydroxylation is 2. The van der Waals surface area contributed by atoms with Gasteiger partial charge in [-0.1, -0.05) is 42.0 Å². The molecular weight excluding hydrogens is 264 g/mol. The van der Waals surface area contributed by atoms with Crippen LogP contribution in [-0.2, 0) is 6.42 Å². The summed E-state index contributed by atoms with van der Waals surface area (Å²) in [5.74, 6) is 1.47. The number of rotatable bonds is 6. The summed E-state index contributed by atoms with van der Waals surface area (Å²) in [7, 11) is 3.26. The lowest BCUT2D eigenvalue weighted by Crippen LogP contribution is -2.02. The lowest BCUT2D eigenvalue weighted by molar-refractivity contribution is 0.167. The smallest absolute Gasteiger partial charge is 0.163 e. The maximum absolute atomic E-state index is 10.3. The number of aliphatic hydroxyl groups is 1. The highest BCUT2D eigenvalue weighted by atomic mass is 16.5. The average molecular weight is 286 g/mol. The van der Waals surface area contributed by atoms with Crippen molar-refractivity contribution in [1.82, 2.24) is 0 Å². The number of hydrogen-bond acceptors (Lipinski definition) is 3. The fourth-order valence-corrected chi connectivity index (χ4v) is 2.40. The minimum absolute atomic E-state index is 0.471. The van der Waals surface area contributed by atoms with E-state index in [1.54, 1.807) is 14.2 Å². The summed E-state index contributed by atoms with van der Waals surface area (Å²) in [6.07, 6.45) is 0.906. The molecule has 0 saturated heterocycles. The molecule has 21 heavy (non-hydrogen) atoms. The summed E-state index contributed by atoms with van der Waals surface area (Å²) in [6, 6.07) is 13.8. The van der Waals surface area contributed by atoms with E-state index in [1.165, 1.54) is 5.56 Å². The van der Waals surface area contributed by atoms with Crippen molar-refractivity contribution in [3.05, 3.63) is 59.2 Å². The van der Waals surface area contributed by atoms with Crippen molar-refractivity contribution in [1.29, 1.82) is 0 Å². The van der Waals surface area contributed by atoms with Gasteiger partial charge in [0.25, 0.3) is 0 Å². The van der Waals surface area contributed by atoms with E-state index in [9.17, 15) is 5.11 Å². The summed E-state index contributed by atoms with van der Waals surface area (Å²) in [4.78, 5) is 0. The molecule has 0 aliphatic carbocycles. The van der Waals surface area contributed by atoms with Crippen molar-refractivity contribution in [2.45, 2.75) is 25.9 Å². The van der Waals surface area contributed by atoms with E-state index in [0.29, 0.717) is 6.42 Å². The van der Waals surface area contributed by atoms with Gasteiger partial charge in [0.05, 0.1) is 20.3 Å². The van der Waals surface area contributed by atoms with Gasteiger partial charge in [-0.15, -0.1) is 0 Å². The SMILES string of the molecule is COc1cccc(CCC(O)c2ccc(C)cc2)c1OC. The van der Waals surface area contributed by atoms with Crippen molar-refractivity contribution in [3.8, 4) is 11.5 Å². The normalized spacial score (nSPS) is 12.0. The molecule has 0 amide bonds. The first-order valence-electron chi connectivity index (χ1n) is 7.10. The molecule has 3 nitrogen and oxygen atoms in total. The molecule has 3 heteroatoms. The summed E-state index contributed by atoms with van der Waals surface area (Å²) in [6.45, 7) is 2.04. The molecule has 2 aromatic carbocycles. The fraction of sp³-hybridized carbons (Fsp3) is 0.333. The Bertz CT molecular complexity index is 576. The minimum Gasteiger partial charge on any atom is -0.493 e. The Balaban J connectivity index is 2.07. The van der Waals surface area contributed by atoms with Gasteiger partial charge in [-0.3, -0.25) is 0 Å². The minimum atomic E-state index is -0.471. The van der Waals surface area contributed by atoms with Crippen LogP contribution in [0.4, 0.5) is 0 Å². The Morgan fingerprint density at radius 2 is 1.71 bits per heavy atom. The molecule has 0 fully saturated rings. The molecule has 0 aromatic heterocycles. The van der Waals surface area contributed by atoms with Crippen LogP contribution < -0.4 is 9.47 Å². The average Bonchev–Trinajstić information content (AvgIpc) is 2.52. The van der Waals surface area contributed by atoms with Gasteiger partial charge in [0.2, 0.25) is 0 Å². The van der Waals surface area contributed by atoms with Crippen LogP contribution in [0.25, 0.3) is 0 Å². The Morgan fingerprint density at radius 1 is 1.00 bits per heavy atom. The molecule has 0 aliphatic rings. The lowest BCUT2D eigenvalue weighted by Gasteiger charge is -2.15. The van der Waals surface area contributed by atoms with E-state index < -0.39 is 6.10 Å². The zero-order valence-corrected chi connectivity index (χ0v) is 12.8. The van der Waals surface area contributed by atoms with E-state index >= 15 is 0 Å². The highest BCUT2D eigenvalue weighted by molar-refractivity contribution is 5.46. The summed E-state index contributed by atoms with van der Waals surface area (Å²) in [5.41, 5.74) is 3.19. The Hall–Kier alpha value is -2.00. The molecule has 1 atom stereocenters. The summed E-state index contributed by atoms with van der Waals surface area (Å²) < 4.78 is 10.7. The zero-order valence-electron chi connectivity index (χ0n) is 12.8. The van der Waals surface area contributed by atoms with Crippen molar-refractivity contribution >= 4 is 0 Å². The van der Waals surface area contributed by atoms with E-state index in [4.69, 9.17) is 9.47 Å². The van der Waals surface area contributed by atoms with Crippen LogP contribution in [0.15, 0.2) is 42.5 Å². The topological polar surface area (TPSA) is 38.7 Å². The molecule has 2 aromatic rings. The van der Waals surface area contributed by atoms with Gasteiger partial charge in [-0.2, -0.15) is 0 Å². The predicted octanol–water partition coefficient (Wildman–Crippen LogP) is 3.68. The molecule has 0 aliphatic heterocycles. The Labute approximate surface area is 126 Å². The van der Waals surface area contributed by atoms with Crippen LogP contribution in [0.2, 0.25) is 0 Å². The number of ether oxygens (including phenoxy) is 2. The highest BCUT2D eigenvalue weighted by Crippen LogP contribution is 2.32. The quantitative estimate of drug-likeness (QED) is 0.880. The van der Waals surface area contributed by atoms with Gasteiger partial charge in [0, 0.05) is 0 Å². The molecule has 0 bridgehead atoms. The van der Waals surface area contributed by atoms with Crippen molar-refractivity contribution < 1.29 is 14.6 Å². The lowest BCUT2D eigenvalue weighted by atomic mass is 10.00. The largest absolute Gasteiger partial charge is 0.493 e. The first-order valence-corrected chi connectivity index (χ1v) is 7.10. The van der Waals surface area contributed by atoms with E-state index in [1.807, 2.05) is 49.4 Å². The maximum atomic E-state index is 10.3. The van der Waals surface area contributed by atoms with Gasteiger partial charge in [-0.25, -0.2) is 0 Å². The number of para-hydroxylation sites is 1. The van der Waals surface area contributed by atoms with Crippen molar-refractivity contribution in [3.63, 3.8) is 0 Å². The zero-order chi connectivity index (χ0) is 15.2. The van der Waals surface area contributed by atoms with Crippen LogP contribution in [0.1, 0.15) is 29.2 Å². The second-order valence-electron chi connectivity index (χ2n) is 5.12. The van der Waals surface area contributed by atoms with Gasteiger partial charge >= 0.3 is 0 Å². The fourth-order valence-electron chi connectivity index (χ4n) is 2.40. The Morgan fingerprint density at radius 3 is 2.33 bits per heavy atom. The highest BCUT2D eigenvalue weighted by Gasteiger charge is 2.12. The van der Waals surface area contributed by atoms with Crippen molar-refractivity contribution in [2.75, 3.05) is 14.2 Å². The standard InChI is InChI=1S/C18H22O3/c1-13-7-9-14(10-8-13)16(19)12-11-15-5-4-6-17(20-2)18(15)21-3/h4-10,16,19H,11-12H2,1-3H3. The molecule has 0 spiro atoms. The molecule has 1 unspecified atom stereocenters. The van der Waals surface area contributed by atoms with Crippen LogP contribution in [0.5, 0.6) is 11.5 Å². The molecule has 0 saturated carbocycles. The third-order valence-corrected chi connectivity index (χ3v) is 3.63. The molecule has 2 rings (SSSR count). The third-order valence-electron chi connectivity index (χ3n) is 3.63. The second kappa shape index (κ2) is 7.14. The molecule has 1 N–H and O–H groups in total. The monoisotopic (exact) mass is 286 g/mol. The molecule has 112 valence electrons. The molecule has 0 heterocycles. The van der Waals surface area contributed by atoms with E-state index in [-0.39, 0.29) is 0 Å². The van der Waals surface area contributed by atoms with Crippen LogP contribution in [-0.4, -0.2) is 19.3 Å². The molecular formula is C18H22O3. The van der Waals surface area contributed by atoms with Crippen LogP contribution in [0, 0.1) is 6.92 Å². The first-order chi connectivity index (χ1) is 10.2. The summed E-state index contributed by atoms with van der Waals surface area (Å²) in [5, 5.41) is 10.3. The third kappa shape index (κ3) is 3.76. The number of benzene rings is 2. The van der Waals surface area contributed by atoms with Gasteiger partial charge < -0.3 is 14.6 Å². The number of hydrogen-bond donors (Lipinski definition) is 1. The number of methoxy groups -OCH3 is 2. The van der Waals surface area contributed by atoms with Crippen molar-refractivity contribution in [2.24, 2.45) is 0 Å². The van der Waals surface area contributed by atoms with Gasteiger partial charge in [0.1, 0.15) is 0 Å². The number of aliphatic hydroxyl groups excluding tert-OH is 1. The van der Waals surface area contributed by atoms with E-state index in [0.717, 1.165) is 29.0 Å². The van der Waals surface area contributed by atoms with Crippen LogP contribution in [0.3, 0.4) is 0 Å². The first kappa shape index (κ1) is 15.4. The van der Waals surface area contributed by atoms with Crippen LogP contribution >= 0.6 is 0 Å². The molecule has 0 radical (unpaired) electrons. The summed E-state index contributed by atoms with van der Waals surface area (Å²) >= 11 is 0. The van der Waals surface area contributed by atoms with E-state index in [2.05, 4.69) is 0 Å². The van der Waals surface area contributed by atoms with Gasteiger partial charge in [0.15, 0.2) is 11.5 Å². The second-order valence-corrected chi connectivity index (χ2v) is 5.12. The van der Waals surface area contributed by atoms with Gasteiger partial charge in [-0.05, 0) is 37.0 Å². The maximum Gasteiger partial charge on any atom is 0.163 e. The Kier molecular flexibility index (Phi) is 5.23. The predicted molar refractivity (Wildman–Crippen MR) is 84.0 cm³/mol.